The molecule has 0 saturated carbocycles. The number of hydrogen-bond donors (Lipinski definition) is 1. The van der Waals surface area contributed by atoms with E-state index in [1.165, 1.54) is 7.11 Å². The van der Waals surface area contributed by atoms with E-state index >= 15 is 0 Å². The minimum absolute atomic E-state index is 0.141. The molecule has 22 heavy (non-hydrogen) atoms. The van der Waals surface area contributed by atoms with Crippen LogP contribution in [0.15, 0.2) is 30.3 Å². The Balaban J connectivity index is 1.88. The fraction of sp³-hybridized carbons (Fsp3) is 0.333. The van der Waals surface area contributed by atoms with Gasteiger partial charge in [0, 0.05) is 17.6 Å². The summed E-state index contributed by atoms with van der Waals surface area (Å²) in [5.41, 5.74) is 0.874. The van der Waals surface area contributed by atoms with Crippen LogP contribution in [0.2, 0.25) is 5.02 Å². The second kappa shape index (κ2) is 6.24. The summed E-state index contributed by atoms with van der Waals surface area (Å²) in [6.07, 6.45) is -0.0328. The largest absolute Gasteiger partial charge is 0.480 e. The molecule has 1 fully saturated rings. The standard InChI is InChI=1S/C15H15ClN2O3S/c1-21-13-8-12(22-17-13)15(20)18-7-6-11(19)14(18)9-2-4-10(16)5-3-9/h2-5,8,11,14,19H,6-7H2,1H3/t11-,14-/m1/s1. The number of benzene rings is 1. The molecular weight excluding hydrogens is 324 g/mol. The van der Waals surface area contributed by atoms with Gasteiger partial charge in [-0.3, -0.25) is 4.79 Å². The van der Waals surface area contributed by atoms with E-state index < -0.39 is 6.10 Å². The summed E-state index contributed by atoms with van der Waals surface area (Å²) in [5, 5.41) is 10.9. The lowest BCUT2D eigenvalue weighted by atomic mass is 10.0. The van der Waals surface area contributed by atoms with Crippen molar-refractivity contribution in [2.75, 3.05) is 13.7 Å². The van der Waals surface area contributed by atoms with Crippen LogP contribution >= 0.6 is 23.1 Å². The molecule has 0 aliphatic carbocycles. The zero-order valence-electron chi connectivity index (χ0n) is 11.9. The van der Waals surface area contributed by atoms with Gasteiger partial charge in [-0.2, -0.15) is 4.37 Å². The fourth-order valence-electron chi connectivity index (χ4n) is 2.66. The highest BCUT2D eigenvalue weighted by molar-refractivity contribution is 7.08. The molecule has 2 atom stereocenters. The van der Waals surface area contributed by atoms with Gasteiger partial charge in [-0.15, -0.1) is 0 Å². The third-order valence-electron chi connectivity index (χ3n) is 3.75. The molecule has 1 aliphatic rings. The highest BCUT2D eigenvalue weighted by Crippen LogP contribution is 2.35. The van der Waals surface area contributed by atoms with Crippen molar-refractivity contribution >= 4 is 29.0 Å². The van der Waals surface area contributed by atoms with E-state index in [0.717, 1.165) is 17.1 Å². The summed E-state index contributed by atoms with van der Waals surface area (Å²) in [6, 6.07) is 8.47. The minimum Gasteiger partial charge on any atom is -0.480 e. The zero-order chi connectivity index (χ0) is 15.7. The quantitative estimate of drug-likeness (QED) is 0.934. The first-order chi connectivity index (χ1) is 10.6. The topological polar surface area (TPSA) is 62.7 Å². The van der Waals surface area contributed by atoms with Gasteiger partial charge in [-0.1, -0.05) is 23.7 Å². The Labute approximate surface area is 137 Å². The van der Waals surface area contributed by atoms with Crippen molar-refractivity contribution < 1.29 is 14.6 Å². The van der Waals surface area contributed by atoms with Crippen molar-refractivity contribution in [1.29, 1.82) is 0 Å². The van der Waals surface area contributed by atoms with Gasteiger partial charge in [0.1, 0.15) is 4.88 Å². The highest BCUT2D eigenvalue weighted by atomic mass is 35.5. The molecule has 0 spiro atoms. The number of amides is 1. The Morgan fingerprint density at radius 1 is 1.45 bits per heavy atom. The zero-order valence-corrected chi connectivity index (χ0v) is 13.5. The van der Waals surface area contributed by atoms with Crippen LogP contribution in [0.3, 0.4) is 0 Å². The monoisotopic (exact) mass is 338 g/mol. The lowest BCUT2D eigenvalue weighted by Crippen LogP contribution is -2.32. The van der Waals surface area contributed by atoms with Crippen LogP contribution in [-0.4, -0.2) is 40.0 Å². The average molecular weight is 339 g/mol. The summed E-state index contributed by atoms with van der Waals surface area (Å²) < 4.78 is 9.07. The maximum absolute atomic E-state index is 12.7. The van der Waals surface area contributed by atoms with Crippen LogP contribution in [0, 0.1) is 0 Å². The van der Waals surface area contributed by atoms with Crippen molar-refractivity contribution in [1.82, 2.24) is 9.27 Å². The van der Waals surface area contributed by atoms with Gasteiger partial charge >= 0.3 is 0 Å². The predicted octanol–water partition coefficient (Wildman–Crippen LogP) is 2.75. The highest BCUT2D eigenvalue weighted by Gasteiger charge is 2.38. The lowest BCUT2D eigenvalue weighted by Gasteiger charge is -2.26. The summed E-state index contributed by atoms with van der Waals surface area (Å²) in [4.78, 5) is 14.9. The Hall–Kier alpha value is -1.63. The average Bonchev–Trinajstić information content (AvgIpc) is 3.14. The Morgan fingerprint density at radius 3 is 2.82 bits per heavy atom. The first kappa shape index (κ1) is 15.3. The van der Waals surface area contributed by atoms with Crippen LogP contribution in [0.4, 0.5) is 0 Å². The van der Waals surface area contributed by atoms with Gasteiger partial charge in [-0.05, 0) is 35.6 Å². The molecule has 3 rings (SSSR count). The third-order valence-corrected chi connectivity index (χ3v) is 4.76. The molecule has 1 amide bonds. The molecule has 1 aliphatic heterocycles. The first-order valence-corrected chi connectivity index (χ1v) is 8.00. The van der Waals surface area contributed by atoms with Crippen molar-refractivity contribution in [3.63, 3.8) is 0 Å². The molecule has 1 N–H and O–H groups in total. The molecule has 1 aromatic carbocycles. The summed E-state index contributed by atoms with van der Waals surface area (Å²) in [6.45, 7) is 0.507. The van der Waals surface area contributed by atoms with E-state index in [2.05, 4.69) is 4.37 Å². The third kappa shape index (κ3) is 2.82. The van der Waals surface area contributed by atoms with Crippen molar-refractivity contribution in [3.8, 4) is 5.88 Å². The molecule has 1 aromatic heterocycles. The van der Waals surface area contributed by atoms with E-state index in [4.69, 9.17) is 16.3 Å². The lowest BCUT2D eigenvalue weighted by molar-refractivity contribution is 0.0642. The molecule has 0 radical (unpaired) electrons. The number of aromatic nitrogens is 1. The van der Waals surface area contributed by atoms with Crippen LogP contribution in [0.1, 0.15) is 27.7 Å². The van der Waals surface area contributed by atoms with Gasteiger partial charge in [0.15, 0.2) is 0 Å². The molecule has 116 valence electrons. The maximum Gasteiger partial charge on any atom is 0.266 e. The minimum atomic E-state index is -0.583. The van der Waals surface area contributed by atoms with Crippen molar-refractivity contribution in [2.24, 2.45) is 0 Å². The second-order valence-corrected chi connectivity index (χ2v) is 6.33. The number of carbonyl (C=O) groups is 1. The molecule has 2 aromatic rings. The fourth-order valence-corrected chi connectivity index (χ4v) is 3.45. The summed E-state index contributed by atoms with van der Waals surface area (Å²) in [5.74, 6) is 0.286. The molecule has 0 unspecified atom stereocenters. The molecular formula is C15H15ClN2O3S. The van der Waals surface area contributed by atoms with E-state index in [1.807, 2.05) is 12.1 Å². The van der Waals surface area contributed by atoms with Gasteiger partial charge in [0.25, 0.3) is 5.91 Å². The number of halogens is 1. The van der Waals surface area contributed by atoms with Gasteiger partial charge in [0.2, 0.25) is 5.88 Å². The second-order valence-electron chi connectivity index (χ2n) is 5.08. The Bertz CT molecular complexity index is 674. The van der Waals surface area contributed by atoms with E-state index in [1.54, 1.807) is 23.1 Å². The molecule has 2 heterocycles. The number of rotatable bonds is 3. The number of likely N-dealkylation sites (tertiary alicyclic amines) is 1. The van der Waals surface area contributed by atoms with Gasteiger partial charge in [-0.25, -0.2) is 0 Å². The molecule has 1 saturated heterocycles. The van der Waals surface area contributed by atoms with Crippen molar-refractivity contribution in [3.05, 3.63) is 45.8 Å². The molecule has 7 heteroatoms. The smallest absolute Gasteiger partial charge is 0.266 e. The van der Waals surface area contributed by atoms with E-state index in [-0.39, 0.29) is 11.9 Å². The normalized spacial score (nSPS) is 21.1. The number of ether oxygens (including phenoxy) is 1. The van der Waals surface area contributed by atoms with Crippen LogP contribution in [0.25, 0.3) is 0 Å². The van der Waals surface area contributed by atoms with Gasteiger partial charge < -0.3 is 14.7 Å². The predicted molar refractivity (Wildman–Crippen MR) is 84.5 cm³/mol. The maximum atomic E-state index is 12.7. The Morgan fingerprint density at radius 2 is 2.18 bits per heavy atom. The summed E-state index contributed by atoms with van der Waals surface area (Å²) >= 11 is 7.01. The van der Waals surface area contributed by atoms with E-state index in [9.17, 15) is 9.90 Å². The van der Waals surface area contributed by atoms with Gasteiger partial charge in [0.05, 0.1) is 19.3 Å². The number of aliphatic hydroxyl groups excluding tert-OH is 1. The number of aliphatic hydroxyl groups is 1. The van der Waals surface area contributed by atoms with Crippen LogP contribution in [-0.2, 0) is 0 Å². The van der Waals surface area contributed by atoms with Crippen molar-refractivity contribution in [2.45, 2.75) is 18.6 Å². The first-order valence-electron chi connectivity index (χ1n) is 6.85. The molecule has 0 bridgehead atoms. The number of carbonyl (C=O) groups excluding carboxylic acids is 1. The number of nitrogens with zero attached hydrogens (tertiary/aromatic N) is 2. The van der Waals surface area contributed by atoms with Crippen LogP contribution < -0.4 is 4.74 Å². The Kier molecular flexibility index (Phi) is 4.33. The summed E-state index contributed by atoms with van der Waals surface area (Å²) in [7, 11) is 1.51. The number of methoxy groups -OCH3 is 1. The van der Waals surface area contributed by atoms with Crippen LogP contribution in [0.5, 0.6) is 5.88 Å². The molecule has 5 nitrogen and oxygen atoms in total. The van der Waals surface area contributed by atoms with E-state index in [0.29, 0.717) is 28.7 Å². The SMILES string of the molecule is COc1cc(C(=O)N2CC[C@@H](O)[C@H]2c2ccc(Cl)cc2)sn1. The number of hydrogen-bond acceptors (Lipinski definition) is 5.